The summed E-state index contributed by atoms with van der Waals surface area (Å²) in [6.45, 7) is 1.65. The Morgan fingerprint density at radius 3 is 2.71 bits per heavy atom. The van der Waals surface area contributed by atoms with Gasteiger partial charge in [-0.2, -0.15) is 0 Å². The third-order valence-electron chi connectivity index (χ3n) is 2.22. The summed E-state index contributed by atoms with van der Waals surface area (Å²) >= 11 is 5.64. The molecule has 0 saturated carbocycles. The number of carbonyl (C=O) groups is 1. The summed E-state index contributed by atoms with van der Waals surface area (Å²) in [4.78, 5) is 16.4. The lowest BCUT2D eigenvalue weighted by Gasteiger charge is -2.13. The lowest BCUT2D eigenvalue weighted by atomic mass is 10.1. The van der Waals surface area contributed by atoms with E-state index < -0.39 is 5.82 Å². The van der Waals surface area contributed by atoms with Crippen LogP contribution >= 0.6 is 11.6 Å². The fourth-order valence-corrected chi connectivity index (χ4v) is 1.43. The lowest BCUT2D eigenvalue weighted by Crippen LogP contribution is -2.25. The number of nitrogens with zero attached hydrogens (tertiary/aromatic N) is 1. The number of likely N-dealkylation sites (N-methyl/N-ethyl adjacent to an activating group) is 1. The second-order valence-electron chi connectivity index (χ2n) is 3.49. The molecule has 0 heterocycles. The standard InChI is InChI=1S/C12H13ClFNO2/c1-8(12(16)15(2)17-3)6-9-4-5-11(14)10(13)7-9/h4-7H,1-3H3. The van der Waals surface area contributed by atoms with Crippen molar-refractivity contribution in [2.24, 2.45) is 0 Å². The Balaban J connectivity index is 2.94. The van der Waals surface area contributed by atoms with Crippen LogP contribution in [-0.2, 0) is 9.63 Å². The third kappa shape index (κ3) is 3.54. The van der Waals surface area contributed by atoms with Crippen LogP contribution in [0.3, 0.4) is 0 Å². The highest BCUT2D eigenvalue weighted by atomic mass is 35.5. The van der Waals surface area contributed by atoms with E-state index in [2.05, 4.69) is 0 Å². The first kappa shape index (κ1) is 13.7. The van der Waals surface area contributed by atoms with Crippen molar-refractivity contribution >= 4 is 23.6 Å². The number of amides is 1. The predicted molar refractivity (Wildman–Crippen MR) is 64.8 cm³/mol. The summed E-state index contributed by atoms with van der Waals surface area (Å²) in [5, 5.41) is 1.14. The molecule has 0 N–H and O–H groups in total. The summed E-state index contributed by atoms with van der Waals surface area (Å²) < 4.78 is 12.9. The highest BCUT2D eigenvalue weighted by Crippen LogP contribution is 2.18. The van der Waals surface area contributed by atoms with Crippen molar-refractivity contribution < 1.29 is 14.0 Å². The number of benzene rings is 1. The van der Waals surface area contributed by atoms with Crippen LogP contribution in [0.4, 0.5) is 4.39 Å². The molecule has 0 aliphatic carbocycles. The van der Waals surface area contributed by atoms with Crippen LogP contribution in [0.1, 0.15) is 12.5 Å². The van der Waals surface area contributed by atoms with E-state index in [1.807, 2.05) is 0 Å². The summed E-state index contributed by atoms with van der Waals surface area (Å²) in [6, 6.07) is 4.26. The molecular formula is C12H13ClFNO2. The average Bonchev–Trinajstić information content (AvgIpc) is 2.31. The molecule has 0 spiro atoms. The number of hydroxylamine groups is 2. The number of hydrogen-bond acceptors (Lipinski definition) is 2. The topological polar surface area (TPSA) is 29.5 Å². The van der Waals surface area contributed by atoms with Crippen molar-refractivity contribution in [1.29, 1.82) is 0 Å². The van der Waals surface area contributed by atoms with Crippen molar-refractivity contribution in [2.45, 2.75) is 6.92 Å². The first-order valence-corrected chi connectivity index (χ1v) is 5.29. The number of rotatable bonds is 3. The average molecular weight is 258 g/mol. The minimum Gasteiger partial charge on any atom is -0.274 e. The van der Waals surface area contributed by atoms with Crippen LogP contribution in [-0.4, -0.2) is 25.1 Å². The van der Waals surface area contributed by atoms with Gasteiger partial charge in [0.25, 0.3) is 5.91 Å². The zero-order valence-corrected chi connectivity index (χ0v) is 10.6. The third-order valence-corrected chi connectivity index (χ3v) is 2.51. The maximum Gasteiger partial charge on any atom is 0.272 e. The first-order valence-electron chi connectivity index (χ1n) is 4.91. The zero-order valence-electron chi connectivity index (χ0n) is 9.83. The van der Waals surface area contributed by atoms with Gasteiger partial charge in [-0.3, -0.25) is 9.63 Å². The van der Waals surface area contributed by atoms with Gasteiger partial charge >= 0.3 is 0 Å². The zero-order chi connectivity index (χ0) is 13.0. The Morgan fingerprint density at radius 2 is 2.18 bits per heavy atom. The number of hydrogen-bond donors (Lipinski definition) is 0. The Kier molecular flexibility index (Phi) is 4.66. The molecule has 0 bridgehead atoms. The minimum atomic E-state index is -0.484. The Labute approximate surface area is 104 Å². The second-order valence-corrected chi connectivity index (χ2v) is 3.89. The summed E-state index contributed by atoms with van der Waals surface area (Å²) in [6.07, 6.45) is 1.61. The maximum absolute atomic E-state index is 12.9. The van der Waals surface area contributed by atoms with Crippen molar-refractivity contribution in [3.63, 3.8) is 0 Å². The van der Waals surface area contributed by atoms with Crippen molar-refractivity contribution in [3.05, 3.63) is 40.2 Å². The largest absolute Gasteiger partial charge is 0.274 e. The van der Waals surface area contributed by atoms with E-state index in [1.165, 1.54) is 26.3 Å². The number of carbonyl (C=O) groups excluding carboxylic acids is 1. The van der Waals surface area contributed by atoms with E-state index in [9.17, 15) is 9.18 Å². The quantitative estimate of drug-likeness (QED) is 0.616. The molecule has 17 heavy (non-hydrogen) atoms. The molecule has 1 rings (SSSR count). The highest BCUT2D eigenvalue weighted by molar-refractivity contribution is 6.30. The van der Waals surface area contributed by atoms with E-state index in [-0.39, 0.29) is 10.9 Å². The van der Waals surface area contributed by atoms with Gasteiger partial charge in [0, 0.05) is 12.6 Å². The SMILES string of the molecule is CON(C)C(=O)C(C)=Cc1ccc(F)c(Cl)c1. The molecule has 0 radical (unpaired) electrons. The molecule has 0 aliphatic rings. The van der Waals surface area contributed by atoms with Crippen LogP contribution in [0.15, 0.2) is 23.8 Å². The van der Waals surface area contributed by atoms with E-state index in [4.69, 9.17) is 16.4 Å². The van der Waals surface area contributed by atoms with Crippen LogP contribution < -0.4 is 0 Å². The Bertz CT molecular complexity index is 460. The van der Waals surface area contributed by atoms with E-state index in [0.717, 1.165) is 5.06 Å². The van der Waals surface area contributed by atoms with E-state index in [0.29, 0.717) is 11.1 Å². The fraction of sp³-hybridized carbons (Fsp3) is 0.250. The van der Waals surface area contributed by atoms with Crippen LogP contribution in [0.2, 0.25) is 5.02 Å². The molecule has 92 valence electrons. The molecule has 0 saturated heterocycles. The van der Waals surface area contributed by atoms with Crippen molar-refractivity contribution in [3.8, 4) is 0 Å². The molecule has 1 aromatic carbocycles. The van der Waals surface area contributed by atoms with Gasteiger partial charge in [-0.1, -0.05) is 17.7 Å². The molecule has 5 heteroatoms. The number of halogens is 2. The normalized spacial score (nSPS) is 11.5. The Hall–Kier alpha value is -1.39. The van der Waals surface area contributed by atoms with Gasteiger partial charge < -0.3 is 0 Å². The highest BCUT2D eigenvalue weighted by Gasteiger charge is 2.10. The molecule has 0 unspecified atom stereocenters. The van der Waals surface area contributed by atoms with Crippen LogP contribution in [0, 0.1) is 5.82 Å². The maximum atomic E-state index is 12.9. The van der Waals surface area contributed by atoms with Gasteiger partial charge in [0.1, 0.15) is 5.82 Å². The van der Waals surface area contributed by atoms with E-state index >= 15 is 0 Å². The van der Waals surface area contributed by atoms with Gasteiger partial charge in [0.2, 0.25) is 0 Å². The van der Waals surface area contributed by atoms with Crippen LogP contribution in [0.25, 0.3) is 6.08 Å². The molecule has 0 aliphatic heterocycles. The lowest BCUT2D eigenvalue weighted by molar-refractivity contribution is -0.163. The molecular weight excluding hydrogens is 245 g/mol. The fourth-order valence-electron chi connectivity index (χ4n) is 1.25. The Morgan fingerprint density at radius 1 is 1.53 bits per heavy atom. The second kappa shape index (κ2) is 5.80. The monoisotopic (exact) mass is 257 g/mol. The van der Waals surface area contributed by atoms with Gasteiger partial charge in [0.05, 0.1) is 12.1 Å². The van der Waals surface area contributed by atoms with Gasteiger partial charge in [-0.25, -0.2) is 9.45 Å². The van der Waals surface area contributed by atoms with Crippen LogP contribution in [0.5, 0.6) is 0 Å². The van der Waals surface area contributed by atoms with Gasteiger partial charge in [-0.05, 0) is 30.7 Å². The minimum absolute atomic E-state index is 0.0269. The van der Waals surface area contributed by atoms with Crippen molar-refractivity contribution in [2.75, 3.05) is 14.2 Å². The first-order chi connectivity index (χ1) is 7.95. The smallest absolute Gasteiger partial charge is 0.272 e. The molecule has 1 amide bonds. The van der Waals surface area contributed by atoms with Gasteiger partial charge in [-0.15, -0.1) is 0 Å². The summed E-state index contributed by atoms with van der Waals surface area (Å²) in [7, 11) is 2.91. The molecule has 0 atom stereocenters. The predicted octanol–water partition coefficient (Wildman–Crippen LogP) is 2.90. The molecule has 0 fully saturated rings. The summed E-state index contributed by atoms with van der Waals surface area (Å²) in [5.41, 5.74) is 1.13. The summed E-state index contributed by atoms with van der Waals surface area (Å²) in [5.74, 6) is -0.755. The van der Waals surface area contributed by atoms with Gasteiger partial charge in [0.15, 0.2) is 0 Å². The van der Waals surface area contributed by atoms with Crippen molar-refractivity contribution in [1.82, 2.24) is 5.06 Å². The van der Waals surface area contributed by atoms with E-state index in [1.54, 1.807) is 19.1 Å². The molecule has 1 aromatic rings. The molecule has 3 nitrogen and oxygen atoms in total. The molecule has 0 aromatic heterocycles.